The average molecular weight is 486 g/mol. The smallest absolute Gasteiger partial charge is 0.406 e. The molecule has 1 atom stereocenters. The Morgan fingerprint density at radius 1 is 1.17 bits per heavy atom. The van der Waals surface area contributed by atoms with E-state index in [1.807, 2.05) is 0 Å². The first-order valence-corrected chi connectivity index (χ1v) is 11.5. The highest BCUT2D eigenvalue weighted by Gasteiger charge is 2.33. The number of benzene rings is 1. The van der Waals surface area contributed by atoms with Gasteiger partial charge in [0.1, 0.15) is 17.2 Å². The molecule has 2 aliphatic rings. The number of aromatic amines is 1. The molecule has 1 aromatic carbocycles. The normalized spacial score (nSPS) is 18.8. The van der Waals surface area contributed by atoms with E-state index in [4.69, 9.17) is 0 Å². The number of fused-ring (bicyclic) bond motifs is 3. The van der Waals surface area contributed by atoms with E-state index in [1.165, 1.54) is 18.3 Å². The number of piperidine rings is 1. The minimum Gasteiger partial charge on any atom is -0.406 e. The second-order valence-electron chi connectivity index (χ2n) is 9.03. The standard InChI is InChI=1S/C25H22F4N4O2/c26-19-13-31-23-22(18-6-1-14(12-30)11-20(18)32-23)21(19)15-7-9-33(10-8-15)24(34)16-2-4-17(5-3-16)35-25(27,28)29/h2-5,13-15H,1,6-11H2,(H,31,32)/t14-/m0/s1. The molecule has 3 aromatic rings. The van der Waals surface area contributed by atoms with Crippen LogP contribution in [-0.2, 0) is 12.8 Å². The topological polar surface area (TPSA) is 82.0 Å². The number of rotatable bonds is 3. The Balaban J connectivity index is 1.32. The summed E-state index contributed by atoms with van der Waals surface area (Å²) in [6.45, 7) is 0.799. The maximum absolute atomic E-state index is 15.1. The molecule has 182 valence electrons. The summed E-state index contributed by atoms with van der Waals surface area (Å²) in [5.74, 6) is -1.20. The van der Waals surface area contributed by atoms with E-state index < -0.39 is 6.36 Å². The van der Waals surface area contributed by atoms with Gasteiger partial charge in [-0.15, -0.1) is 13.2 Å². The number of nitrogens with zero attached hydrogens (tertiary/aromatic N) is 3. The van der Waals surface area contributed by atoms with Crippen molar-refractivity contribution in [2.75, 3.05) is 13.1 Å². The molecule has 1 aliphatic heterocycles. The molecule has 5 rings (SSSR count). The highest BCUT2D eigenvalue weighted by molar-refractivity contribution is 5.94. The van der Waals surface area contributed by atoms with E-state index in [2.05, 4.69) is 20.8 Å². The lowest BCUT2D eigenvalue weighted by Gasteiger charge is -2.33. The number of likely N-dealkylation sites (tertiary alicyclic amines) is 1. The van der Waals surface area contributed by atoms with Crippen molar-refractivity contribution in [1.29, 1.82) is 5.26 Å². The lowest BCUT2D eigenvalue weighted by Crippen LogP contribution is -2.38. The number of hydrogen-bond acceptors (Lipinski definition) is 4. The molecule has 1 N–H and O–H groups in total. The Labute approximate surface area is 198 Å². The lowest BCUT2D eigenvalue weighted by atomic mass is 9.83. The summed E-state index contributed by atoms with van der Waals surface area (Å²) >= 11 is 0. The Morgan fingerprint density at radius 2 is 1.89 bits per heavy atom. The van der Waals surface area contributed by atoms with Crippen molar-refractivity contribution < 1.29 is 27.1 Å². The van der Waals surface area contributed by atoms with Gasteiger partial charge in [-0.25, -0.2) is 9.37 Å². The number of pyridine rings is 1. The number of H-pyrrole nitrogens is 1. The van der Waals surface area contributed by atoms with Gasteiger partial charge in [-0.3, -0.25) is 4.79 Å². The van der Waals surface area contributed by atoms with Crippen LogP contribution in [0.5, 0.6) is 5.75 Å². The van der Waals surface area contributed by atoms with Crippen LogP contribution in [0.4, 0.5) is 17.6 Å². The molecular formula is C25H22F4N4O2. The van der Waals surface area contributed by atoms with Gasteiger partial charge in [0, 0.05) is 41.7 Å². The van der Waals surface area contributed by atoms with Crippen LogP contribution in [0.3, 0.4) is 0 Å². The Bertz CT molecular complexity index is 1300. The zero-order valence-corrected chi connectivity index (χ0v) is 18.7. The van der Waals surface area contributed by atoms with Crippen molar-refractivity contribution >= 4 is 16.9 Å². The lowest BCUT2D eigenvalue weighted by molar-refractivity contribution is -0.274. The van der Waals surface area contributed by atoms with Crippen molar-refractivity contribution in [2.45, 2.75) is 44.4 Å². The van der Waals surface area contributed by atoms with Gasteiger partial charge >= 0.3 is 6.36 Å². The molecule has 0 radical (unpaired) electrons. The Morgan fingerprint density at radius 3 is 2.54 bits per heavy atom. The number of amides is 1. The second kappa shape index (κ2) is 8.87. The predicted molar refractivity (Wildman–Crippen MR) is 118 cm³/mol. The molecule has 1 aliphatic carbocycles. The molecule has 10 heteroatoms. The summed E-state index contributed by atoms with van der Waals surface area (Å²) in [6.07, 6.45) is -0.442. The number of carbonyl (C=O) groups excluding carboxylic acids is 1. The fourth-order valence-electron chi connectivity index (χ4n) is 5.25. The van der Waals surface area contributed by atoms with E-state index in [-0.39, 0.29) is 34.9 Å². The quantitative estimate of drug-likeness (QED) is 0.513. The van der Waals surface area contributed by atoms with E-state index in [0.717, 1.165) is 35.2 Å². The molecule has 35 heavy (non-hydrogen) atoms. The monoisotopic (exact) mass is 486 g/mol. The van der Waals surface area contributed by atoms with Gasteiger partial charge < -0.3 is 14.6 Å². The number of alkyl halides is 3. The summed E-state index contributed by atoms with van der Waals surface area (Å²) in [4.78, 5) is 22.0. The van der Waals surface area contributed by atoms with Crippen LogP contribution >= 0.6 is 0 Å². The van der Waals surface area contributed by atoms with Gasteiger partial charge in [0.25, 0.3) is 5.91 Å². The van der Waals surface area contributed by atoms with Crippen molar-refractivity contribution in [3.63, 3.8) is 0 Å². The predicted octanol–water partition coefficient (Wildman–Crippen LogP) is 5.25. The van der Waals surface area contributed by atoms with Crippen molar-refractivity contribution in [3.05, 3.63) is 58.7 Å². The van der Waals surface area contributed by atoms with E-state index >= 15 is 4.39 Å². The molecule has 1 saturated heterocycles. The number of nitriles is 1. The van der Waals surface area contributed by atoms with Crippen molar-refractivity contribution in [1.82, 2.24) is 14.9 Å². The summed E-state index contributed by atoms with van der Waals surface area (Å²) in [5.41, 5.74) is 3.49. The molecule has 1 fully saturated rings. The fraction of sp³-hybridized carbons (Fsp3) is 0.400. The van der Waals surface area contributed by atoms with Gasteiger partial charge in [0.2, 0.25) is 0 Å². The third-order valence-corrected chi connectivity index (χ3v) is 6.91. The maximum atomic E-state index is 15.1. The van der Waals surface area contributed by atoms with Gasteiger partial charge in [0.05, 0.1) is 18.2 Å². The molecule has 6 nitrogen and oxygen atoms in total. The maximum Gasteiger partial charge on any atom is 0.573 e. The zero-order valence-electron chi connectivity index (χ0n) is 18.7. The van der Waals surface area contributed by atoms with E-state index in [9.17, 15) is 23.2 Å². The van der Waals surface area contributed by atoms with Crippen molar-refractivity contribution in [3.8, 4) is 11.8 Å². The molecule has 3 heterocycles. The number of ether oxygens (including phenoxy) is 1. The van der Waals surface area contributed by atoms with Gasteiger partial charge in [-0.1, -0.05) is 0 Å². The highest BCUT2D eigenvalue weighted by Crippen LogP contribution is 2.39. The molecule has 0 spiro atoms. The molecule has 0 saturated carbocycles. The average Bonchev–Trinajstić information content (AvgIpc) is 3.21. The minimum absolute atomic E-state index is 0.0628. The first kappa shape index (κ1) is 23.1. The highest BCUT2D eigenvalue weighted by atomic mass is 19.4. The summed E-state index contributed by atoms with van der Waals surface area (Å²) < 4.78 is 56.0. The van der Waals surface area contributed by atoms with Crippen LogP contribution in [-0.4, -0.2) is 40.2 Å². The third-order valence-electron chi connectivity index (χ3n) is 6.91. The van der Waals surface area contributed by atoms with Gasteiger partial charge in [-0.2, -0.15) is 5.26 Å². The van der Waals surface area contributed by atoms with E-state index in [1.54, 1.807) is 4.90 Å². The number of aryl methyl sites for hydroxylation is 1. The number of halogens is 4. The van der Waals surface area contributed by atoms with Crippen LogP contribution in [0.25, 0.3) is 11.0 Å². The number of carbonyl (C=O) groups is 1. The fourth-order valence-corrected chi connectivity index (χ4v) is 5.25. The summed E-state index contributed by atoms with van der Waals surface area (Å²) in [6, 6.07) is 7.15. The van der Waals surface area contributed by atoms with Gasteiger partial charge in [-0.05, 0) is 61.4 Å². The van der Waals surface area contributed by atoms with Crippen LogP contribution in [0, 0.1) is 23.1 Å². The zero-order chi connectivity index (χ0) is 24.7. The van der Waals surface area contributed by atoms with E-state index in [0.29, 0.717) is 50.0 Å². The van der Waals surface area contributed by atoms with Crippen LogP contribution in [0.2, 0.25) is 0 Å². The van der Waals surface area contributed by atoms with Gasteiger partial charge in [0.15, 0.2) is 0 Å². The first-order valence-electron chi connectivity index (χ1n) is 11.5. The molecule has 0 bridgehead atoms. The molecule has 1 amide bonds. The SMILES string of the molecule is N#C[C@H]1CCc2c([nH]c3ncc(F)c(C4CCN(C(=O)c5ccc(OC(F)(F)F)cc5)CC4)c23)C1. The summed E-state index contributed by atoms with van der Waals surface area (Å²) in [7, 11) is 0. The molecule has 2 aromatic heterocycles. The number of nitrogens with one attached hydrogen (secondary N) is 1. The van der Waals surface area contributed by atoms with Crippen LogP contribution < -0.4 is 4.74 Å². The minimum atomic E-state index is -4.79. The molecular weight excluding hydrogens is 464 g/mol. The second-order valence-corrected chi connectivity index (χ2v) is 9.03. The number of aromatic nitrogens is 2. The third kappa shape index (κ3) is 4.55. The Kier molecular flexibility index (Phi) is 5.87. The summed E-state index contributed by atoms with van der Waals surface area (Å²) in [5, 5.41) is 10.1. The largest absolute Gasteiger partial charge is 0.573 e. The van der Waals surface area contributed by atoms with Crippen molar-refractivity contribution in [2.24, 2.45) is 5.92 Å². The molecule has 0 unspecified atom stereocenters. The van der Waals surface area contributed by atoms with Crippen LogP contribution in [0.15, 0.2) is 30.5 Å². The van der Waals surface area contributed by atoms with Crippen LogP contribution in [0.1, 0.15) is 52.4 Å². The first-order chi connectivity index (χ1) is 16.7. The Hall–Kier alpha value is -3.61. The number of hydrogen-bond donors (Lipinski definition) is 1.